The second kappa shape index (κ2) is 3.83. The summed E-state index contributed by atoms with van der Waals surface area (Å²) in [7, 11) is 0. The van der Waals surface area contributed by atoms with Crippen molar-refractivity contribution in [3.05, 3.63) is 12.2 Å². The minimum atomic E-state index is 0.762. The van der Waals surface area contributed by atoms with Crippen molar-refractivity contribution in [2.75, 3.05) is 0 Å². The summed E-state index contributed by atoms with van der Waals surface area (Å²) in [5, 5.41) is 3.74. The zero-order valence-electron chi connectivity index (χ0n) is 8.79. The Bertz CT molecular complexity index is 181. The molecule has 1 fully saturated rings. The molecule has 74 valence electrons. The highest BCUT2D eigenvalue weighted by Crippen LogP contribution is 2.34. The fourth-order valence-electron chi connectivity index (χ4n) is 2.43. The predicted octanol–water partition coefficient (Wildman–Crippen LogP) is 2.73. The molecular weight excluding hydrogens is 158 g/mol. The van der Waals surface area contributed by atoms with E-state index >= 15 is 0 Å². The smallest absolute Gasteiger partial charge is 0.0139 e. The number of rotatable bonds is 3. The summed E-state index contributed by atoms with van der Waals surface area (Å²) in [4.78, 5) is 0. The highest BCUT2D eigenvalue weighted by atomic mass is 15.0. The second-order valence-electron chi connectivity index (χ2n) is 4.98. The van der Waals surface area contributed by atoms with Crippen molar-refractivity contribution in [1.29, 1.82) is 0 Å². The number of hydrogen-bond acceptors (Lipinski definition) is 1. The molecule has 0 unspecified atom stereocenters. The van der Waals surface area contributed by atoms with Crippen LogP contribution in [0.2, 0.25) is 0 Å². The van der Waals surface area contributed by atoms with Crippen LogP contribution in [-0.4, -0.2) is 12.1 Å². The number of hydrogen-bond donors (Lipinski definition) is 1. The lowest BCUT2D eigenvalue weighted by atomic mass is 9.73. The molecule has 0 saturated heterocycles. The van der Waals surface area contributed by atoms with Crippen molar-refractivity contribution >= 4 is 0 Å². The lowest BCUT2D eigenvalue weighted by Crippen LogP contribution is -2.46. The van der Waals surface area contributed by atoms with Gasteiger partial charge in [0.2, 0.25) is 0 Å². The third-order valence-electron chi connectivity index (χ3n) is 3.60. The van der Waals surface area contributed by atoms with Crippen LogP contribution in [0, 0.1) is 11.8 Å². The molecule has 1 N–H and O–H groups in total. The first kappa shape index (κ1) is 9.26. The van der Waals surface area contributed by atoms with E-state index in [2.05, 4.69) is 31.3 Å². The zero-order valence-corrected chi connectivity index (χ0v) is 8.79. The molecule has 0 aromatic rings. The van der Waals surface area contributed by atoms with E-state index < -0.39 is 0 Å². The van der Waals surface area contributed by atoms with E-state index in [0.717, 1.165) is 23.9 Å². The topological polar surface area (TPSA) is 12.0 Å². The Labute approximate surface area is 81.6 Å². The maximum atomic E-state index is 3.74. The van der Waals surface area contributed by atoms with Gasteiger partial charge in [0.1, 0.15) is 0 Å². The average molecular weight is 179 g/mol. The zero-order chi connectivity index (χ0) is 9.26. The highest BCUT2D eigenvalue weighted by Gasteiger charge is 2.32. The maximum absolute atomic E-state index is 3.74. The first-order valence-electron chi connectivity index (χ1n) is 5.66. The summed E-state index contributed by atoms with van der Waals surface area (Å²) in [6, 6.07) is 1.59. The van der Waals surface area contributed by atoms with Crippen LogP contribution in [0.5, 0.6) is 0 Å². The molecule has 2 rings (SSSR count). The third kappa shape index (κ3) is 2.14. The minimum absolute atomic E-state index is 0.762. The summed E-state index contributed by atoms with van der Waals surface area (Å²) < 4.78 is 0. The molecular formula is C12H21N. The molecule has 0 radical (unpaired) electrons. The molecule has 1 nitrogen and oxygen atoms in total. The van der Waals surface area contributed by atoms with Crippen molar-refractivity contribution in [2.24, 2.45) is 11.8 Å². The van der Waals surface area contributed by atoms with E-state index in [1.807, 2.05) is 0 Å². The molecule has 0 aliphatic heterocycles. The molecule has 0 aromatic heterocycles. The first-order valence-corrected chi connectivity index (χ1v) is 5.66. The van der Waals surface area contributed by atoms with E-state index in [1.165, 1.54) is 25.7 Å². The largest absolute Gasteiger partial charge is 0.311 e. The van der Waals surface area contributed by atoms with Crippen molar-refractivity contribution in [3.63, 3.8) is 0 Å². The Hall–Kier alpha value is -0.300. The minimum Gasteiger partial charge on any atom is -0.311 e. The van der Waals surface area contributed by atoms with Crippen molar-refractivity contribution in [1.82, 2.24) is 5.32 Å². The fourth-order valence-corrected chi connectivity index (χ4v) is 2.43. The van der Waals surface area contributed by atoms with E-state index in [0.29, 0.717) is 0 Å². The maximum Gasteiger partial charge on any atom is 0.0139 e. The second-order valence-corrected chi connectivity index (χ2v) is 4.98. The van der Waals surface area contributed by atoms with Crippen LogP contribution in [0.15, 0.2) is 12.2 Å². The van der Waals surface area contributed by atoms with E-state index in [1.54, 1.807) is 0 Å². The fraction of sp³-hybridized carbons (Fsp3) is 0.833. The standard InChI is InChI=1S/C12H21N/c1-9(2)10-7-12(8-10)13-11-5-3-4-6-11/h3-4,9-13H,5-8H2,1-2H3. The summed E-state index contributed by atoms with van der Waals surface area (Å²) >= 11 is 0. The normalized spacial score (nSPS) is 34.1. The van der Waals surface area contributed by atoms with Crippen LogP contribution < -0.4 is 5.32 Å². The van der Waals surface area contributed by atoms with Gasteiger partial charge in [-0.05, 0) is 37.5 Å². The van der Waals surface area contributed by atoms with Gasteiger partial charge < -0.3 is 5.32 Å². The highest BCUT2D eigenvalue weighted by molar-refractivity contribution is 5.00. The molecule has 0 amide bonds. The Morgan fingerprint density at radius 3 is 2.23 bits per heavy atom. The molecule has 0 aromatic carbocycles. The molecule has 2 aliphatic rings. The molecule has 0 atom stereocenters. The lowest BCUT2D eigenvalue weighted by Gasteiger charge is -2.40. The Morgan fingerprint density at radius 2 is 1.69 bits per heavy atom. The van der Waals surface area contributed by atoms with Gasteiger partial charge in [0.15, 0.2) is 0 Å². The SMILES string of the molecule is CC(C)C1CC(NC2CC=CC2)C1. The van der Waals surface area contributed by atoms with Crippen molar-refractivity contribution in [3.8, 4) is 0 Å². The van der Waals surface area contributed by atoms with Gasteiger partial charge in [0.05, 0.1) is 0 Å². The van der Waals surface area contributed by atoms with Gasteiger partial charge in [-0.15, -0.1) is 0 Å². The Morgan fingerprint density at radius 1 is 1.08 bits per heavy atom. The molecule has 1 saturated carbocycles. The van der Waals surface area contributed by atoms with Gasteiger partial charge in [-0.3, -0.25) is 0 Å². The molecule has 0 heterocycles. The van der Waals surface area contributed by atoms with E-state index in [4.69, 9.17) is 0 Å². The molecule has 2 aliphatic carbocycles. The average Bonchev–Trinajstić information content (AvgIpc) is 2.46. The summed E-state index contributed by atoms with van der Waals surface area (Å²) in [5.41, 5.74) is 0. The summed E-state index contributed by atoms with van der Waals surface area (Å²) in [6.45, 7) is 4.69. The quantitative estimate of drug-likeness (QED) is 0.657. The van der Waals surface area contributed by atoms with Crippen LogP contribution >= 0.6 is 0 Å². The van der Waals surface area contributed by atoms with Gasteiger partial charge in [0.25, 0.3) is 0 Å². The van der Waals surface area contributed by atoms with Crippen molar-refractivity contribution in [2.45, 2.75) is 51.6 Å². The molecule has 0 bridgehead atoms. The van der Waals surface area contributed by atoms with Crippen LogP contribution in [0.1, 0.15) is 39.5 Å². The van der Waals surface area contributed by atoms with Gasteiger partial charge in [0, 0.05) is 12.1 Å². The van der Waals surface area contributed by atoms with Crippen LogP contribution in [0.25, 0.3) is 0 Å². The summed E-state index contributed by atoms with van der Waals surface area (Å²) in [5.74, 6) is 1.88. The van der Waals surface area contributed by atoms with Gasteiger partial charge >= 0.3 is 0 Å². The van der Waals surface area contributed by atoms with Gasteiger partial charge in [-0.2, -0.15) is 0 Å². The van der Waals surface area contributed by atoms with E-state index in [9.17, 15) is 0 Å². The predicted molar refractivity (Wildman–Crippen MR) is 56.6 cm³/mol. The Balaban J connectivity index is 1.64. The molecule has 0 spiro atoms. The van der Waals surface area contributed by atoms with E-state index in [-0.39, 0.29) is 0 Å². The Kier molecular flexibility index (Phi) is 2.73. The van der Waals surface area contributed by atoms with Crippen LogP contribution in [0.3, 0.4) is 0 Å². The number of nitrogens with one attached hydrogen (secondary N) is 1. The molecule has 13 heavy (non-hydrogen) atoms. The molecule has 1 heteroatoms. The summed E-state index contributed by atoms with van der Waals surface area (Å²) in [6.07, 6.45) is 9.93. The first-order chi connectivity index (χ1) is 6.25. The van der Waals surface area contributed by atoms with Crippen molar-refractivity contribution < 1.29 is 0 Å². The third-order valence-corrected chi connectivity index (χ3v) is 3.60. The van der Waals surface area contributed by atoms with Gasteiger partial charge in [-0.25, -0.2) is 0 Å². The van der Waals surface area contributed by atoms with Crippen LogP contribution in [-0.2, 0) is 0 Å². The monoisotopic (exact) mass is 179 g/mol. The van der Waals surface area contributed by atoms with Gasteiger partial charge in [-0.1, -0.05) is 26.0 Å². The van der Waals surface area contributed by atoms with Crippen LogP contribution in [0.4, 0.5) is 0 Å². The lowest BCUT2D eigenvalue weighted by molar-refractivity contribution is 0.158.